The van der Waals surface area contributed by atoms with Crippen molar-refractivity contribution >= 4 is 11.9 Å². The van der Waals surface area contributed by atoms with Gasteiger partial charge in [0.15, 0.2) is 0 Å². The minimum absolute atomic E-state index is 0.460. The maximum absolute atomic E-state index is 11.4. The predicted octanol–water partition coefficient (Wildman–Crippen LogP) is 1.28. The molecule has 0 spiro atoms. The Morgan fingerprint density at radius 2 is 1.86 bits per heavy atom. The van der Waals surface area contributed by atoms with Crippen LogP contribution in [0.2, 0.25) is 0 Å². The summed E-state index contributed by atoms with van der Waals surface area (Å²) in [5, 5.41) is 0. The van der Waals surface area contributed by atoms with Gasteiger partial charge in [0.2, 0.25) is 6.10 Å². The average molecular weight is 200 g/mol. The van der Waals surface area contributed by atoms with Crippen molar-refractivity contribution in [2.75, 3.05) is 0 Å². The molecule has 1 rings (SSSR count). The number of cyclic esters (lactones) is 1. The summed E-state index contributed by atoms with van der Waals surface area (Å²) in [7, 11) is 0. The van der Waals surface area contributed by atoms with Gasteiger partial charge in [-0.05, 0) is 13.8 Å². The van der Waals surface area contributed by atoms with Crippen molar-refractivity contribution in [3.05, 3.63) is 0 Å². The van der Waals surface area contributed by atoms with Crippen molar-refractivity contribution in [3.63, 3.8) is 0 Å². The smallest absolute Gasteiger partial charge is 0.348 e. The SMILES string of the molecule is CC(=O)OC1C(=O)OC(C)(C)C1(C)C. The molecule has 14 heavy (non-hydrogen) atoms. The third-order valence-corrected chi connectivity index (χ3v) is 3.06. The zero-order valence-electron chi connectivity index (χ0n) is 9.21. The van der Waals surface area contributed by atoms with Crippen LogP contribution < -0.4 is 0 Å². The normalized spacial score (nSPS) is 28.4. The van der Waals surface area contributed by atoms with E-state index in [0.717, 1.165) is 0 Å². The third-order valence-electron chi connectivity index (χ3n) is 3.06. The Hall–Kier alpha value is -1.06. The van der Waals surface area contributed by atoms with Gasteiger partial charge in [0, 0.05) is 6.92 Å². The van der Waals surface area contributed by atoms with Gasteiger partial charge in [-0.1, -0.05) is 13.8 Å². The maximum atomic E-state index is 11.4. The average Bonchev–Trinajstić information content (AvgIpc) is 2.09. The molecule has 1 unspecified atom stereocenters. The van der Waals surface area contributed by atoms with Crippen LogP contribution in [0.4, 0.5) is 0 Å². The fourth-order valence-corrected chi connectivity index (χ4v) is 1.41. The van der Waals surface area contributed by atoms with Gasteiger partial charge in [-0.2, -0.15) is 0 Å². The summed E-state index contributed by atoms with van der Waals surface area (Å²) in [5.74, 6) is -0.923. The Balaban J connectivity index is 2.96. The van der Waals surface area contributed by atoms with Crippen LogP contribution in [0.1, 0.15) is 34.6 Å². The first-order valence-electron chi connectivity index (χ1n) is 4.58. The molecular formula is C10H16O4. The molecular weight excluding hydrogens is 184 g/mol. The molecule has 0 amide bonds. The zero-order chi connectivity index (χ0) is 11.1. The fraction of sp³-hybridized carbons (Fsp3) is 0.800. The first-order valence-corrected chi connectivity index (χ1v) is 4.58. The monoisotopic (exact) mass is 200 g/mol. The lowest BCUT2D eigenvalue weighted by Gasteiger charge is -2.33. The molecule has 1 saturated heterocycles. The van der Waals surface area contributed by atoms with E-state index >= 15 is 0 Å². The number of esters is 2. The van der Waals surface area contributed by atoms with Crippen LogP contribution in [0, 0.1) is 5.41 Å². The molecule has 0 aromatic carbocycles. The van der Waals surface area contributed by atoms with Crippen molar-refractivity contribution in [1.29, 1.82) is 0 Å². The van der Waals surface area contributed by atoms with E-state index in [0.29, 0.717) is 0 Å². The Bertz CT molecular complexity index is 278. The van der Waals surface area contributed by atoms with Crippen LogP contribution in [0.25, 0.3) is 0 Å². The van der Waals surface area contributed by atoms with E-state index in [1.54, 1.807) is 0 Å². The van der Waals surface area contributed by atoms with Gasteiger partial charge in [-0.15, -0.1) is 0 Å². The molecule has 0 aromatic heterocycles. The Morgan fingerprint density at radius 1 is 1.36 bits per heavy atom. The number of carbonyl (C=O) groups is 2. The largest absolute Gasteiger partial charge is 0.456 e. The van der Waals surface area contributed by atoms with Crippen LogP contribution >= 0.6 is 0 Å². The minimum atomic E-state index is -0.796. The first kappa shape index (κ1) is 11.0. The summed E-state index contributed by atoms with van der Waals surface area (Å²) in [4.78, 5) is 22.3. The molecule has 1 aliphatic rings. The van der Waals surface area contributed by atoms with Crippen LogP contribution in [0.15, 0.2) is 0 Å². The van der Waals surface area contributed by atoms with Crippen molar-refractivity contribution in [3.8, 4) is 0 Å². The van der Waals surface area contributed by atoms with Crippen molar-refractivity contribution in [1.82, 2.24) is 0 Å². The quantitative estimate of drug-likeness (QED) is 0.598. The van der Waals surface area contributed by atoms with Crippen molar-refractivity contribution in [2.45, 2.75) is 46.3 Å². The summed E-state index contributed by atoms with van der Waals surface area (Å²) in [6, 6.07) is 0. The number of hydrogen-bond donors (Lipinski definition) is 0. The van der Waals surface area contributed by atoms with Crippen LogP contribution in [0.5, 0.6) is 0 Å². The summed E-state index contributed by atoms with van der Waals surface area (Å²) in [6.45, 7) is 8.62. The Labute approximate surface area is 83.6 Å². The van der Waals surface area contributed by atoms with Crippen LogP contribution in [-0.4, -0.2) is 23.6 Å². The summed E-state index contributed by atoms with van der Waals surface area (Å²) in [5.41, 5.74) is -1.11. The fourth-order valence-electron chi connectivity index (χ4n) is 1.41. The van der Waals surface area contributed by atoms with Gasteiger partial charge in [0.05, 0.1) is 5.41 Å². The van der Waals surface area contributed by atoms with Gasteiger partial charge < -0.3 is 9.47 Å². The second kappa shape index (κ2) is 2.97. The van der Waals surface area contributed by atoms with E-state index in [4.69, 9.17) is 9.47 Å². The van der Waals surface area contributed by atoms with Crippen LogP contribution in [-0.2, 0) is 19.1 Å². The standard InChI is InChI=1S/C10H16O4/c1-6(11)13-7-8(12)14-10(4,5)9(7,2)3/h7H,1-5H3. The van der Waals surface area contributed by atoms with Crippen LogP contribution in [0.3, 0.4) is 0 Å². The molecule has 1 heterocycles. The van der Waals surface area contributed by atoms with Crippen molar-refractivity contribution in [2.24, 2.45) is 5.41 Å². The Kier molecular flexibility index (Phi) is 2.34. The molecule has 0 aliphatic carbocycles. The lowest BCUT2D eigenvalue weighted by atomic mass is 9.75. The molecule has 0 aromatic rings. The third kappa shape index (κ3) is 1.49. The highest BCUT2D eigenvalue weighted by Gasteiger charge is 2.58. The van der Waals surface area contributed by atoms with E-state index in [1.165, 1.54) is 6.92 Å². The summed E-state index contributed by atoms with van der Waals surface area (Å²) in [6.07, 6.45) is -0.796. The molecule has 0 bridgehead atoms. The molecule has 80 valence electrons. The molecule has 0 N–H and O–H groups in total. The van der Waals surface area contributed by atoms with E-state index in [-0.39, 0.29) is 0 Å². The van der Waals surface area contributed by atoms with E-state index in [9.17, 15) is 9.59 Å². The first-order chi connectivity index (χ1) is 6.18. The molecule has 1 aliphatic heterocycles. The highest BCUT2D eigenvalue weighted by molar-refractivity contribution is 5.82. The molecule has 1 fully saturated rings. The zero-order valence-corrected chi connectivity index (χ0v) is 9.21. The summed E-state index contributed by atoms with van der Waals surface area (Å²) < 4.78 is 10.1. The van der Waals surface area contributed by atoms with Gasteiger partial charge in [-0.25, -0.2) is 4.79 Å². The summed E-state index contributed by atoms with van der Waals surface area (Å²) >= 11 is 0. The number of carbonyl (C=O) groups excluding carboxylic acids is 2. The number of ether oxygens (including phenoxy) is 2. The van der Waals surface area contributed by atoms with E-state index in [1.807, 2.05) is 27.7 Å². The lowest BCUT2D eigenvalue weighted by molar-refractivity contribution is -0.161. The van der Waals surface area contributed by atoms with E-state index < -0.39 is 29.1 Å². The second-order valence-corrected chi connectivity index (χ2v) is 4.64. The predicted molar refractivity (Wildman–Crippen MR) is 49.5 cm³/mol. The molecule has 4 heteroatoms. The van der Waals surface area contributed by atoms with Crippen molar-refractivity contribution < 1.29 is 19.1 Å². The van der Waals surface area contributed by atoms with Gasteiger partial charge in [0.1, 0.15) is 5.60 Å². The second-order valence-electron chi connectivity index (χ2n) is 4.64. The topological polar surface area (TPSA) is 52.6 Å². The molecule has 1 atom stereocenters. The highest BCUT2D eigenvalue weighted by Crippen LogP contribution is 2.44. The molecule has 0 radical (unpaired) electrons. The van der Waals surface area contributed by atoms with Gasteiger partial charge >= 0.3 is 11.9 Å². The minimum Gasteiger partial charge on any atom is -0.456 e. The number of rotatable bonds is 1. The molecule has 0 saturated carbocycles. The maximum Gasteiger partial charge on any atom is 0.348 e. The Morgan fingerprint density at radius 3 is 2.14 bits per heavy atom. The molecule has 4 nitrogen and oxygen atoms in total. The lowest BCUT2D eigenvalue weighted by Crippen LogP contribution is -2.42. The van der Waals surface area contributed by atoms with Gasteiger partial charge in [-0.3, -0.25) is 4.79 Å². The highest BCUT2D eigenvalue weighted by atomic mass is 16.6. The van der Waals surface area contributed by atoms with E-state index in [2.05, 4.69) is 0 Å². The number of hydrogen-bond acceptors (Lipinski definition) is 4. The van der Waals surface area contributed by atoms with Gasteiger partial charge in [0.25, 0.3) is 0 Å².